The third-order valence-electron chi connectivity index (χ3n) is 3.90. The Morgan fingerprint density at radius 2 is 2.12 bits per heavy atom. The molecule has 0 bridgehead atoms. The highest BCUT2D eigenvalue weighted by Crippen LogP contribution is 2.31. The van der Waals surface area contributed by atoms with Gasteiger partial charge in [0.05, 0.1) is 16.3 Å². The third-order valence-corrected chi connectivity index (χ3v) is 5.83. The summed E-state index contributed by atoms with van der Waals surface area (Å²) in [6.45, 7) is 2.55. The largest absolute Gasteiger partial charge is 0.350 e. The molecule has 1 aromatic carbocycles. The molecule has 1 atom stereocenters. The monoisotopic (exact) mass is 419 g/mol. The number of rotatable bonds is 7. The maximum atomic E-state index is 12.4. The van der Waals surface area contributed by atoms with E-state index in [1.165, 1.54) is 12.8 Å². The number of hydrogen-bond acceptors (Lipinski definition) is 5. The third kappa shape index (κ3) is 6.46. The summed E-state index contributed by atoms with van der Waals surface area (Å²) in [6, 6.07) is 7.79. The number of thioether (sulfide) groups is 1. The second kappa shape index (κ2) is 10.4. The van der Waals surface area contributed by atoms with Crippen LogP contribution in [0.1, 0.15) is 33.9 Å². The minimum Gasteiger partial charge on any atom is -0.350 e. The number of amides is 1. The van der Waals surface area contributed by atoms with Gasteiger partial charge < -0.3 is 11.1 Å². The summed E-state index contributed by atoms with van der Waals surface area (Å²) >= 11 is 3.30. The van der Waals surface area contributed by atoms with Crippen LogP contribution in [0.25, 0.3) is 0 Å². The minimum absolute atomic E-state index is 0. The standard InChI is InChI=1S/C17H21N3OS2.2ClH/c1-11-20-13(9-22-11)10-23-16-5-3-2-4-14(16)17(21)19-8-15(18)12-6-7-12;;/h2-5,9,12,15H,6-8,10,18H2,1H3,(H,19,21);2*1H. The Bertz CT molecular complexity index is 692. The van der Waals surface area contributed by atoms with Crippen molar-refractivity contribution in [3.05, 3.63) is 45.9 Å². The number of aromatic nitrogens is 1. The predicted octanol–water partition coefficient (Wildman–Crippen LogP) is 4.05. The van der Waals surface area contributed by atoms with Crippen LogP contribution >= 0.6 is 47.9 Å². The summed E-state index contributed by atoms with van der Waals surface area (Å²) < 4.78 is 0. The number of carbonyl (C=O) groups excluding carboxylic acids is 1. The van der Waals surface area contributed by atoms with E-state index in [0.717, 1.165) is 21.3 Å². The topological polar surface area (TPSA) is 68.0 Å². The zero-order valence-corrected chi connectivity index (χ0v) is 17.2. The summed E-state index contributed by atoms with van der Waals surface area (Å²) in [7, 11) is 0. The Balaban J connectivity index is 0.00000156. The Morgan fingerprint density at radius 1 is 1.40 bits per heavy atom. The van der Waals surface area contributed by atoms with Gasteiger partial charge in [-0.2, -0.15) is 0 Å². The van der Waals surface area contributed by atoms with E-state index in [-0.39, 0.29) is 36.8 Å². The van der Waals surface area contributed by atoms with Gasteiger partial charge in [0.15, 0.2) is 0 Å². The Morgan fingerprint density at radius 3 is 2.76 bits per heavy atom. The average Bonchev–Trinajstić information content (AvgIpc) is 3.33. The van der Waals surface area contributed by atoms with Gasteiger partial charge in [-0.3, -0.25) is 4.79 Å². The lowest BCUT2D eigenvalue weighted by atomic mass is 10.2. The molecule has 1 amide bonds. The lowest BCUT2D eigenvalue weighted by molar-refractivity contribution is 0.0947. The molecular formula is C17H23Cl2N3OS2. The number of aryl methyl sites for hydroxylation is 1. The first-order valence-electron chi connectivity index (χ1n) is 7.80. The second-order valence-corrected chi connectivity index (χ2v) is 7.93. The van der Waals surface area contributed by atoms with E-state index >= 15 is 0 Å². The van der Waals surface area contributed by atoms with Crippen molar-refractivity contribution in [3.63, 3.8) is 0 Å². The van der Waals surface area contributed by atoms with Gasteiger partial charge in [-0.25, -0.2) is 4.98 Å². The van der Waals surface area contributed by atoms with Gasteiger partial charge in [-0.1, -0.05) is 12.1 Å². The number of hydrogen-bond donors (Lipinski definition) is 2. The highest BCUT2D eigenvalue weighted by atomic mass is 35.5. The maximum Gasteiger partial charge on any atom is 0.252 e. The molecule has 0 spiro atoms. The Hall–Kier alpha value is -0.790. The summed E-state index contributed by atoms with van der Waals surface area (Å²) in [5.41, 5.74) is 7.83. The van der Waals surface area contributed by atoms with Crippen LogP contribution in [0.5, 0.6) is 0 Å². The summed E-state index contributed by atoms with van der Waals surface area (Å²) in [5.74, 6) is 1.32. The second-order valence-electron chi connectivity index (χ2n) is 5.85. The van der Waals surface area contributed by atoms with Crippen LogP contribution in [0.3, 0.4) is 0 Å². The number of nitrogens with one attached hydrogen (secondary N) is 1. The lowest BCUT2D eigenvalue weighted by Gasteiger charge is -2.13. The van der Waals surface area contributed by atoms with Crippen LogP contribution in [0.4, 0.5) is 0 Å². The van der Waals surface area contributed by atoms with E-state index in [2.05, 4.69) is 15.7 Å². The highest BCUT2D eigenvalue weighted by molar-refractivity contribution is 7.98. The quantitative estimate of drug-likeness (QED) is 0.663. The fourth-order valence-electron chi connectivity index (χ4n) is 2.40. The SMILES string of the molecule is Cc1nc(CSc2ccccc2C(=O)NCC(N)C2CC2)cs1.Cl.Cl. The molecule has 1 aliphatic carbocycles. The molecule has 3 N–H and O–H groups in total. The molecule has 0 radical (unpaired) electrons. The minimum atomic E-state index is -0.0429. The van der Waals surface area contributed by atoms with Crippen LogP contribution in [0.2, 0.25) is 0 Å². The van der Waals surface area contributed by atoms with Gasteiger partial charge in [-0.05, 0) is 37.8 Å². The fourth-order valence-corrected chi connectivity index (χ4v) is 4.06. The summed E-state index contributed by atoms with van der Waals surface area (Å²) in [6.07, 6.45) is 2.38. The number of carbonyl (C=O) groups is 1. The van der Waals surface area contributed by atoms with E-state index in [0.29, 0.717) is 18.0 Å². The first-order valence-corrected chi connectivity index (χ1v) is 9.66. The molecule has 1 unspecified atom stereocenters. The maximum absolute atomic E-state index is 12.4. The Kier molecular flexibility index (Phi) is 9.24. The van der Waals surface area contributed by atoms with Gasteiger partial charge in [0, 0.05) is 28.6 Å². The van der Waals surface area contributed by atoms with Crippen LogP contribution < -0.4 is 11.1 Å². The van der Waals surface area contributed by atoms with Gasteiger partial charge in [0.25, 0.3) is 5.91 Å². The number of nitrogens with zero attached hydrogens (tertiary/aromatic N) is 1. The van der Waals surface area contributed by atoms with Crippen molar-refractivity contribution in [3.8, 4) is 0 Å². The van der Waals surface area contributed by atoms with Gasteiger partial charge in [-0.15, -0.1) is 47.9 Å². The summed E-state index contributed by atoms with van der Waals surface area (Å²) in [4.78, 5) is 17.9. The van der Waals surface area contributed by atoms with E-state index in [4.69, 9.17) is 5.73 Å². The molecular weight excluding hydrogens is 397 g/mol. The number of nitrogens with two attached hydrogens (primary N) is 1. The van der Waals surface area contributed by atoms with Crippen LogP contribution in [-0.4, -0.2) is 23.5 Å². The van der Waals surface area contributed by atoms with Crippen LogP contribution in [0.15, 0.2) is 34.5 Å². The molecule has 1 saturated carbocycles. The van der Waals surface area contributed by atoms with Crippen molar-refractivity contribution in [1.29, 1.82) is 0 Å². The first kappa shape index (κ1) is 22.3. The molecule has 8 heteroatoms. The van der Waals surface area contributed by atoms with Crippen molar-refractivity contribution in [2.75, 3.05) is 6.54 Å². The normalized spacial score (nSPS) is 14.2. The smallest absolute Gasteiger partial charge is 0.252 e. The number of halogens is 2. The first-order chi connectivity index (χ1) is 11.1. The van der Waals surface area contributed by atoms with Crippen LogP contribution in [-0.2, 0) is 5.75 Å². The molecule has 0 saturated heterocycles. The van der Waals surface area contributed by atoms with Gasteiger partial charge in [0.1, 0.15) is 0 Å². The molecule has 138 valence electrons. The van der Waals surface area contributed by atoms with Crippen molar-refractivity contribution in [2.24, 2.45) is 11.7 Å². The number of thiazole rings is 1. The molecule has 1 aromatic heterocycles. The van der Waals surface area contributed by atoms with Crippen molar-refractivity contribution in [2.45, 2.75) is 36.5 Å². The van der Waals surface area contributed by atoms with E-state index in [1.54, 1.807) is 23.1 Å². The van der Waals surface area contributed by atoms with E-state index < -0.39 is 0 Å². The predicted molar refractivity (Wildman–Crippen MR) is 110 cm³/mol. The van der Waals surface area contributed by atoms with Gasteiger partial charge in [0.2, 0.25) is 0 Å². The lowest BCUT2D eigenvalue weighted by Crippen LogP contribution is -2.38. The zero-order valence-electron chi connectivity index (χ0n) is 13.9. The molecule has 3 rings (SSSR count). The number of benzene rings is 1. The zero-order chi connectivity index (χ0) is 16.2. The van der Waals surface area contributed by atoms with Crippen molar-refractivity contribution < 1.29 is 4.79 Å². The molecule has 1 aliphatic rings. The Labute approximate surface area is 169 Å². The average molecular weight is 420 g/mol. The fraction of sp³-hybridized carbons (Fsp3) is 0.412. The molecule has 0 aliphatic heterocycles. The van der Waals surface area contributed by atoms with Crippen molar-refractivity contribution in [1.82, 2.24) is 10.3 Å². The molecule has 1 fully saturated rings. The summed E-state index contributed by atoms with van der Waals surface area (Å²) in [5, 5.41) is 6.11. The van der Waals surface area contributed by atoms with E-state index in [9.17, 15) is 4.79 Å². The molecule has 25 heavy (non-hydrogen) atoms. The van der Waals surface area contributed by atoms with Crippen molar-refractivity contribution >= 4 is 53.8 Å². The van der Waals surface area contributed by atoms with E-state index in [1.807, 2.05) is 31.2 Å². The highest BCUT2D eigenvalue weighted by Gasteiger charge is 2.28. The van der Waals surface area contributed by atoms with Crippen LogP contribution in [0, 0.1) is 12.8 Å². The molecule has 4 nitrogen and oxygen atoms in total. The molecule has 1 heterocycles. The molecule has 2 aromatic rings. The van der Waals surface area contributed by atoms with Gasteiger partial charge >= 0.3 is 0 Å².